The standard InChI is InChI=1S/C38H65NO5/c1-23(2)25(5)33(6)17-18-35(8)26-13-14-29-34(7)20-43-22-38(29,27(26)15-16-36(35,9)30(33)32(40)41)19-28(42-12)31(34)44-21-37(10,39-11)24(3)4/h15,23-26,28-31,39H,13-14,16-22H2,1-12H3,(H,40,41)/t25-,26+,28-,29+,30-,31+,33-,34-,35-,36+,37+,38+/m1/s1. The molecule has 12 atom stereocenters. The van der Waals surface area contributed by atoms with Crippen molar-refractivity contribution < 1.29 is 24.1 Å². The predicted octanol–water partition coefficient (Wildman–Crippen LogP) is 7.61. The number of methoxy groups -OCH3 is 1. The molecular formula is C38H65NO5. The highest BCUT2D eigenvalue weighted by Gasteiger charge is 2.71. The Hall–Kier alpha value is -0.950. The minimum Gasteiger partial charge on any atom is -0.481 e. The summed E-state index contributed by atoms with van der Waals surface area (Å²) < 4.78 is 19.9. The summed E-state index contributed by atoms with van der Waals surface area (Å²) in [6.07, 6.45) is 8.52. The Bertz CT molecular complexity index is 1140. The molecule has 0 aromatic heterocycles. The van der Waals surface area contributed by atoms with Crippen LogP contribution in [-0.4, -0.2) is 62.8 Å². The summed E-state index contributed by atoms with van der Waals surface area (Å²) in [7, 11) is 3.90. The molecule has 5 rings (SSSR count). The van der Waals surface area contributed by atoms with E-state index >= 15 is 0 Å². The van der Waals surface area contributed by atoms with Crippen molar-refractivity contribution in [1.82, 2.24) is 5.32 Å². The first-order valence-corrected chi connectivity index (χ1v) is 17.8. The number of allylic oxidation sites excluding steroid dienone is 1. The lowest BCUT2D eigenvalue weighted by molar-refractivity contribution is -0.270. The van der Waals surface area contributed by atoms with Crippen LogP contribution in [0.3, 0.4) is 0 Å². The third kappa shape index (κ3) is 4.57. The molecule has 4 fully saturated rings. The van der Waals surface area contributed by atoms with Gasteiger partial charge in [0.15, 0.2) is 0 Å². The van der Waals surface area contributed by atoms with Crippen LogP contribution in [0.2, 0.25) is 0 Å². The van der Waals surface area contributed by atoms with E-state index in [9.17, 15) is 9.90 Å². The molecule has 2 bridgehead atoms. The van der Waals surface area contributed by atoms with Crippen LogP contribution >= 0.6 is 0 Å². The molecule has 5 aliphatic rings. The second kappa shape index (κ2) is 11.3. The highest BCUT2D eigenvalue weighted by Crippen LogP contribution is 2.75. The van der Waals surface area contributed by atoms with Crippen molar-refractivity contribution in [2.24, 2.45) is 62.6 Å². The van der Waals surface area contributed by atoms with Gasteiger partial charge in [-0.1, -0.05) is 74.0 Å². The number of fused-ring (bicyclic) bond motifs is 3. The number of hydrogen-bond donors (Lipinski definition) is 2. The number of carbonyl (C=O) groups is 1. The average molecular weight is 616 g/mol. The van der Waals surface area contributed by atoms with Crippen LogP contribution in [0.25, 0.3) is 0 Å². The van der Waals surface area contributed by atoms with Crippen molar-refractivity contribution in [1.29, 1.82) is 0 Å². The lowest BCUT2D eigenvalue weighted by Crippen LogP contribution is -2.70. The normalized spacial score (nSPS) is 47.2. The van der Waals surface area contributed by atoms with E-state index in [2.05, 4.69) is 80.6 Å². The van der Waals surface area contributed by atoms with E-state index in [0.29, 0.717) is 42.8 Å². The second-order valence-electron chi connectivity index (χ2n) is 17.9. The molecule has 2 N–H and O–H groups in total. The van der Waals surface area contributed by atoms with E-state index in [0.717, 1.165) is 45.1 Å². The fraction of sp³-hybridized carbons (Fsp3) is 0.921. The third-order valence-electron chi connectivity index (χ3n) is 15.8. The Morgan fingerprint density at radius 2 is 1.77 bits per heavy atom. The van der Waals surface area contributed by atoms with Crippen molar-refractivity contribution in [2.75, 3.05) is 34.0 Å². The molecule has 4 aliphatic carbocycles. The Labute approximate surface area is 268 Å². The Balaban J connectivity index is 1.54. The molecule has 252 valence electrons. The number of rotatable bonds is 9. The monoisotopic (exact) mass is 615 g/mol. The lowest BCUT2D eigenvalue weighted by Gasteiger charge is -2.71. The highest BCUT2D eigenvalue weighted by molar-refractivity contribution is 5.73. The highest BCUT2D eigenvalue weighted by atomic mass is 16.5. The summed E-state index contributed by atoms with van der Waals surface area (Å²) in [6.45, 7) is 25.1. The smallest absolute Gasteiger partial charge is 0.307 e. The van der Waals surface area contributed by atoms with Gasteiger partial charge in [-0.05, 0) is 98.3 Å². The summed E-state index contributed by atoms with van der Waals surface area (Å²) in [4.78, 5) is 13.3. The van der Waals surface area contributed by atoms with Crippen LogP contribution in [0, 0.1) is 62.6 Å². The predicted molar refractivity (Wildman–Crippen MR) is 176 cm³/mol. The number of aliphatic carboxylic acids is 1. The zero-order chi connectivity index (χ0) is 32.7. The maximum absolute atomic E-state index is 13.3. The largest absolute Gasteiger partial charge is 0.481 e. The second-order valence-corrected chi connectivity index (χ2v) is 17.9. The molecule has 6 nitrogen and oxygen atoms in total. The third-order valence-corrected chi connectivity index (χ3v) is 15.8. The van der Waals surface area contributed by atoms with E-state index in [1.54, 1.807) is 5.57 Å². The topological polar surface area (TPSA) is 77.0 Å². The number of carboxylic acid groups (broad SMARTS) is 1. The van der Waals surface area contributed by atoms with Gasteiger partial charge < -0.3 is 24.6 Å². The molecule has 44 heavy (non-hydrogen) atoms. The van der Waals surface area contributed by atoms with Gasteiger partial charge in [0.2, 0.25) is 0 Å². The summed E-state index contributed by atoms with van der Waals surface area (Å²) in [5.74, 6) is 1.08. The van der Waals surface area contributed by atoms with Gasteiger partial charge in [-0.15, -0.1) is 0 Å². The molecule has 0 aromatic carbocycles. The molecule has 1 aliphatic heterocycles. The minimum atomic E-state index is -0.599. The summed E-state index contributed by atoms with van der Waals surface area (Å²) in [5.41, 5.74) is 0.591. The molecule has 0 spiro atoms. The zero-order valence-corrected chi connectivity index (χ0v) is 30.1. The molecule has 6 heteroatoms. The van der Waals surface area contributed by atoms with E-state index in [4.69, 9.17) is 14.2 Å². The number of likely N-dealkylation sites (N-methyl/N-ethyl adjacent to an activating group) is 1. The zero-order valence-electron chi connectivity index (χ0n) is 30.1. The summed E-state index contributed by atoms with van der Waals surface area (Å²) in [5, 5.41) is 14.5. The maximum Gasteiger partial charge on any atom is 0.307 e. The van der Waals surface area contributed by atoms with E-state index < -0.39 is 5.97 Å². The van der Waals surface area contributed by atoms with Gasteiger partial charge >= 0.3 is 5.97 Å². The molecule has 0 amide bonds. The average Bonchev–Trinajstić information content (AvgIpc) is 2.95. The van der Waals surface area contributed by atoms with Crippen molar-refractivity contribution in [3.8, 4) is 0 Å². The molecule has 0 radical (unpaired) electrons. The van der Waals surface area contributed by atoms with Gasteiger partial charge in [0.05, 0.1) is 37.9 Å². The van der Waals surface area contributed by atoms with Gasteiger partial charge in [-0.3, -0.25) is 4.79 Å². The van der Waals surface area contributed by atoms with Gasteiger partial charge in [0.25, 0.3) is 0 Å². The first kappa shape index (κ1) is 34.4. The Morgan fingerprint density at radius 3 is 2.34 bits per heavy atom. The van der Waals surface area contributed by atoms with Gasteiger partial charge in [-0.2, -0.15) is 0 Å². The first-order chi connectivity index (χ1) is 20.4. The number of nitrogens with one attached hydrogen (secondary N) is 1. The number of hydrogen-bond acceptors (Lipinski definition) is 5. The van der Waals surface area contributed by atoms with Gasteiger partial charge in [0, 0.05) is 23.5 Å². The van der Waals surface area contributed by atoms with Crippen molar-refractivity contribution in [3.05, 3.63) is 11.6 Å². The van der Waals surface area contributed by atoms with Crippen molar-refractivity contribution >= 4 is 5.97 Å². The van der Waals surface area contributed by atoms with Crippen molar-refractivity contribution in [2.45, 2.75) is 126 Å². The van der Waals surface area contributed by atoms with Crippen LogP contribution in [-0.2, 0) is 19.0 Å². The van der Waals surface area contributed by atoms with Gasteiger partial charge in [-0.25, -0.2) is 0 Å². The Morgan fingerprint density at radius 1 is 1.09 bits per heavy atom. The molecule has 3 saturated carbocycles. The quantitative estimate of drug-likeness (QED) is 0.260. The Kier molecular flexibility index (Phi) is 8.86. The molecule has 1 saturated heterocycles. The lowest BCUT2D eigenvalue weighted by atomic mass is 9.34. The van der Waals surface area contributed by atoms with E-state index in [-0.39, 0.29) is 50.7 Å². The fourth-order valence-corrected chi connectivity index (χ4v) is 11.9. The van der Waals surface area contributed by atoms with Crippen LogP contribution in [0.5, 0.6) is 0 Å². The van der Waals surface area contributed by atoms with Crippen LogP contribution in [0.1, 0.15) is 108 Å². The van der Waals surface area contributed by atoms with E-state index in [1.165, 1.54) is 0 Å². The van der Waals surface area contributed by atoms with Crippen LogP contribution < -0.4 is 5.32 Å². The first-order valence-electron chi connectivity index (χ1n) is 17.8. The molecule has 1 heterocycles. The van der Waals surface area contributed by atoms with Gasteiger partial charge in [0.1, 0.15) is 0 Å². The van der Waals surface area contributed by atoms with Crippen molar-refractivity contribution in [3.63, 3.8) is 0 Å². The SMILES string of the molecule is CN[C@@](C)(CO[C@H]1[C@H](OC)C[C@@]23COC[C@]1(C)[C@@H]2CC[C@H]1C3=CC[C@@]2(C)[C@H](C(=O)O)[C@@](C)([C@H](C)C(C)C)CC[C@]12C)C(C)C. The molecule has 0 aromatic rings. The number of carboxylic acids is 1. The summed E-state index contributed by atoms with van der Waals surface area (Å²) in [6, 6.07) is 0. The maximum atomic E-state index is 13.3. The summed E-state index contributed by atoms with van der Waals surface area (Å²) >= 11 is 0. The van der Waals surface area contributed by atoms with Crippen LogP contribution in [0.4, 0.5) is 0 Å². The minimum absolute atomic E-state index is 0.0116. The fourth-order valence-electron chi connectivity index (χ4n) is 11.9. The van der Waals surface area contributed by atoms with Crippen LogP contribution in [0.15, 0.2) is 11.6 Å². The van der Waals surface area contributed by atoms with E-state index in [1.807, 2.05) is 14.2 Å². The number of ether oxygens (including phenoxy) is 3. The molecular weight excluding hydrogens is 550 g/mol. The molecule has 0 unspecified atom stereocenters.